The summed E-state index contributed by atoms with van der Waals surface area (Å²) in [5.74, 6) is -0.943. The Morgan fingerprint density at radius 2 is 1.58 bits per heavy atom. The molecule has 0 aliphatic heterocycles. The summed E-state index contributed by atoms with van der Waals surface area (Å²) in [4.78, 5) is 10.2. The molecule has 0 spiro atoms. The quantitative estimate of drug-likeness (QED) is 0.739. The fourth-order valence-corrected chi connectivity index (χ4v) is 0.977. The first-order valence-electron chi connectivity index (χ1n) is 6.13. The lowest BCUT2D eigenvalue weighted by Gasteiger charge is -1.85. The number of hydrogen-bond acceptors (Lipinski definition) is 3. The summed E-state index contributed by atoms with van der Waals surface area (Å²) in [6, 6.07) is 0. The van der Waals surface area contributed by atoms with Crippen LogP contribution in [-0.4, -0.2) is 31.5 Å². The third kappa shape index (κ3) is 6.40. The number of carbonyl (C=O) groups is 1. The van der Waals surface area contributed by atoms with E-state index in [1.165, 1.54) is 18.2 Å². The van der Waals surface area contributed by atoms with Crippen molar-refractivity contribution in [3.05, 3.63) is 34.9 Å². The van der Waals surface area contributed by atoms with Gasteiger partial charge in [0.25, 0.3) is 0 Å². The number of aryl methyl sites for hydroxylation is 3. The molecule has 2 aromatic rings. The Morgan fingerprint density at radius 1 is 1.11 bits per heavy atom. The van der Waals surface area contributed by atoms with Gasteiger partial charge in [-0.3, -0.25) is 10.2 Å². The number of aromatic amines is 2. The molecule has 2 rings (SSSR count). The fourth-order valence-electron chi connectivity index (χ4n) is 0.977. The van der Waals surface area contributed by atoms with Gasteiger partial charge in [-0.05, 0) is 26.3 Å². The molecule has 0 atom stereocenters. The maximum absolute atomic E-state index is 10.2. The summed E-state index contributed by atoms with van der Waals surface area (Å²) in [5.41, 5.74) is 3.19. The molecule has 6 heteroatoms. The molecule has 0 amide bonds. The zero-order valence-corrected chi connectivity index (χ0v) is 12.1. The third-order valence-corrected chi connectivity index (χ3v) is 2.14. The Bertz CT molecular complexity index is 472. The SMILES string of the molecule is CCC.Cc1[nH]ncc1C(=O)O.Cc1cn[nH]c1C. The van der Waals surface area contributed by atoms with Gasteiger partial charge in [-0.15, -0.1) is 0 Å². The highest BCUT2D eigenvalue weighted by molar-refractivity contribution is 5.88. The summed E-state index contributed by atoms with van der Waals surface area (Å²) in [7, 11) is 0. The van der Waals surface area contributed by atoms with Crippen LogP contribution in [0.4, 0.5) is 0 Å². The second-order valence-corrected chi connectivity index (χ2v) is 4.10. The molecule has 0 saturated carbocycles. The number of nitrogens with one attached hydrogen (secondary N) is 2. The number of aromatic nitrogens is 4. The van der Waals surface area contributed by atoms with Crippen molar-refractivity contribution >= 4 is 5.97 Å². The van der Waals surface area contributed by atoms with E-state index in [-0.39, 0.29) is 5.56 Å². The first kappa shape index (κ1) is 16.9. The van der Waals surface area contributed by atoms with Gasteiger partial charge in [0.15, 0.2) is 0 Å². The van der Waals surface area contributed by atoms with E-state index in [9.17, 15) is 4.79 Å². The molecule has 2 heterocycles. The predicted molar refractivity (Wildman–Crippen MR) is 74.3 cm³/mol. The molecule has 0 unspecified atom stereocenters. The van der Waals surface area contributed by atoms with Crippen LogP contribution in [0.3, 0.4) is 0 Å². The van der Waals surface area contributed by atoms with Crippen molar-refractivity contribution in [2.75, 3.05) is 0 Å². The topological polar surface area (TPSA) is 94.7 Å². The maximum Gasteiger partial charge on any atom is 0.339 e. The van der Waals surface area contributed by atoms with Crippen LogP contribution in [-0.2, 0) is 0 Å². The van der Waals surface area contributed by atoms with Crippen LogP contribution < -0.4 is 0 Å². The first-order chi connectivity index (χ1) is 8.93. The molecule has 2 aromatic heterocycles. The number of aromatic carboxylic acids is 1. The van der Waals surface area contributed by atoms with Gasteiger partial charge in [-0.2, -0.15) is 10.2 Å². The fraction of sp³-hybridized carbons (Fsp3) is 0.462. The lowest BCUT2D eigenvalue weighted by atomic mass is 10.3. The van der Waals surface area contributed by atoms with E-state index in [1.54, 1.807) is 6.92 Å². The number of carboxylic acids is 1. The molecule has 0 fully saturated rings. The molecular formula is C13H22N4O2. The third-order valence-electron chi connectivity index (χ3n) is 2.14. The molecule has 19 heavy (non-hydrogen) atoms. The Hall–Kier alpha value is -2.11. The van der Waals surface area contributed by atoms with Gasteiger partial charge in [0.05, 0.1) is 12.4 Å². The predicted octanol–water partition coefficient (Wildman–Crippen LogP) is 2.86. The zero-order valence-electron chi connectivity index (χ0n) is 12.1. The molecule has 0 saturated heterocycles. The molecule has 3 N–H and O–H groups in total. The summed E-state index contributed by atoms with van der Waals surface area (Å²) in [6.07, 6.45) is 4.35. The number of nitrogens with zero attached hydrogens (tertiary/aromatic N) is 2. The zero-order chi connectivity index (χ0) is 14.8. The van der Waals surface area contributed by atoms with Crippen molar-refractivity contribution < 1.29 is 9.90 Å². The number of rotatable bonds is 1. The van der Waals surface area contributed by atoms with Crippen molar-refractivity contribution in [1.29, 1.82) is 0 Å². The van der Waals surface area contributed by atoms with Gasteiger partial charge in [0.2, 0.25) is 0 Å². The van der Waals surface area contributed by atoms with E-state index in [2.05, 4.69) is 34.2 Å². The average molecular weight is 266 g/mol. The van der Waals surface area contributed by atoms with Crippen LogP contribution in [0, 0.1) is 20.8 Å². The summed E-state index contributed by atoms with van der Waals surface area (Å²) < 4.78 is 0. The monoisotopic (exact) mass is 266 g/mol. The molecule has 6 nitrogen and oxygen atoms in total. The van der Waals surface area contributed by atoms with E-state index in [4.69, 9.17) is 5.11 Å². The van der Waals surface area contributed by atoms with Gasteiger partial charge in [-0.1, -0.05) is 20.3 Å². The summed E-state index contributed by atoms with van der Waals surface area (Å²) in [6.45, 7) is 9.94. The molecular weight excluding hydrogens is 244 g/mol. The first-order valence-corrected chi connectivity index (χ1v) is 6.13. The average Bonchev–Trinajstić information content (AvgIpc) is 2.91. The number of hydrogen-bond donors (Lipinski definition) is 3. The number of carboxylic acid groups (broad SMARTS) is 1. The van der Waals surface area contributed by atoms with Gasteiger partial charge < -0.3 is 5.11 Å². The van der Waals surface area contributed by atoms with E-state index in [0.717, 1.165) is 5.69 Å². The minimum Gasteiger partial charge on any atom is -0.478 e. The van der Waals surface area contributed by atoms with Crippen molar-refractivity contribution in [3.63, 3.8) is 0 Å². The highest BCUT2D eigenvalue weighted by Gasteiger charge is 2.06. The van der Waals surface area contributed by atoms with Crippen molar-refractivity contribution in [1.82, 2.24) is 20.4 Å². The molecule has 0 radical (unpaired) electrons. The largest absolute Gasteiger partial charge is 0.478 e. The smallest absolute Gasteiger partial charge is 0.339 e. The van der Waals surface area contributed by atoms with Gasteiger partial charge in [0, 0.05) is 11.4 Å². The van der Waals surface area contributed by atoms with E-state index in [1.807, 2.05) is 20.0 Å². The van der Waals surface area contributed by atoms with Gasteiger partial charge in [0.1, 0.15) is 5.56 Å². The normalized spacial score (nSPS) is 8.89. The molecule has 0 bridgehead atoms. The van der Waals surface area contributed by atoms with Crippen molar-refractivity contribution in [2.24, 2.45) is 0 Å². The minimum absolute atomic E-state index is 0.231. The van der Waals surface area contributed by atoms with Crippen molar-refractivity contribution in [2.45, 2.75) is 41.0 Å². The van der Waals surface area contributed by atoms with Crippen LogP contribution in [0.1, 0.15) is 47.6 Å². The Balaban J connectivity index is 0.000000289. The molecule has 106 valence electrons. The van der Waals surface area contributed by atoms with Gasteiger partial charge >= 0.3 is 5.97 Å². The van der Waals surface area contributed by atoms with Crippen LogP contribution >= 0.6 is 0 Å². The summed E-state index contributed by atoms with van der Waals surface area (Å²) >= 11 is 0. The van der Waals surface area contributed by atoms with Gasteiger partial charge in [-0.25, -0.2) is 4.79 Å². The Kier molecular flexibility index (Phi) is 7.92. The van der Waals surface area contributed by atoms with E-state index < -0.39 is 5.97 Å². The van der Waals surface area contributed by atoms with Crippen LogP contribution in [0.25, 0.3) is 0 Å². The van der Waals surface area contributed by atoms with Crippen LogP contribution in [0.5, 0.6) is 0 Å². The van der Waals surface area contributed by atoms with Crippen molar-refractivity contribution in [3.8, 4) is 0 Å². The minimum atomic E-state index is -0.943. The lowest BCUT2D eigenvalue weighted by molar-refractivity contribution is 0.0696. The Labute approximate surface area is 113 Å². The van der Waals surface area contributed by atoms with E-state index >= 15 is 0 Å². The second kappa shape index (κ2) is 8.91. The maximum atomic E-state index is 10.2. The van der Waals surface area contributed by atoms with Crippen LogP contribution in [0.15, 0.2) is 12.4 Å². The molecule has 0 aromatic carbocycles. The van der Waals surface area contributed by atoms with Crippen LogP contribution in [0.2, 0.25) is 0 Å². The van der Waals surface area contributed by atoms with E-state index in [0.29, 0.717) is 5.69 Å². The molecule has 0 aliphatic carbocycles. The summed E-state index contributed by atoms with van der Waals surface area (Å²) in [5, 5.41) is 21.1. The Morgan fingerprint density at radius 3 is 1.74 bits per heavy atom. The molecule has 0 aliphatic rings. The number of H-pyrrole nitrogens is 2. The highest BCUT2D eigenvalue weighted by atomic mass is 16.4. The standard InChI is InChI=1S/C5H6N2O2.C5H8N2.C3H8/c1-3-4(5(8)9)2-6-7-3;1-4-3-6-7-5(4)2;1-3-2/h2H,1H3,(H,6,7)(H,8,9);3H,1-2H3,(H,6,7);3H2,1-2H3. The second-order valence-electron chi connectivity index (χ2n) is 4.10. The highest BCUT2D eigenvalue weighted by Crippen LogP contribution is 2.00. The lowest BCUT2D eigenvalue weighted by Crippen LogP contribution is -1.95.